The highest BCUT2D eigenvalue weighted by Gasteiger charge is 2.25. The summed E-state index contributed by atoms with van der Waals surface area (Å²) in [7, 11) is 5.83. The van der Waals surface area contributed by atoms with Crippen LogP contribution in [-0.4, -0.2) is 70.3 Å². The molecule has 1 saturated heterocycles. The Morgan fingerprint density at radius 3 is 2.78 bits per heavy atom. The molecule has 1 aliphatic heterocycles. The normalized spacial score (nSPS) is 21.1. The molecule has 2 aliphatic rings. The number of rotatable bonds is 7. The van der Waals surface area contributed by atoms with E-state index in [1.807, 2.05) is 19.2 Å². The molecule has 1 saturated carbocycles. The summed E-state index contributed by atoms with van der Waals surface area (Å²) < 4.78 is 5.51. The molecule has 0 aromatic heterocycles. The number of ether oxygens (including phenoxy) is 1. The van der Waals surface area contributed by atoms with E-state index in [9.17, 15) is 0 Å². The molecule has 2 N–H and O–H groups in total. The van der Waals surface area contributed by atoms with Gasteiger partial charge in [0.15, 0.2) is 5.96 Å². The molecular formula is C21H35N5O. The average Bonchev–Trinajstić information content (AvgIpc) is 3.39. The van der Waals surface area contributed by atoms with Crippen LogP contribution < -0.4 is 20.3 Å². The van der Waals surface area contributed by atoms with Crippen LogP contribution in [0.4, 0.5) is 5.69 Å². The Morgan fingerprint density at radius 2 is 2.04 bits per heavy atom. The van der Waals surface area contributed by atoms with Gasteiger partial charge in [-0.05, 0) is 38.4 Å². The zero-order chi connectivity index (χ0) is 19.1. The van der Waals surface area contributed by atoms with Crippen LogP contribution in [-0.2, 0) is 0 Å². The molecule has 2 fully saturated rings. The van der Waals surface area contributed by atoms with Crippen LogP contribution in [0.3, 0.4) is 0 Å². The van der Waals surface area contributed by atoms with Crippen molar-refractivity contribution in [1.82, 2.24) is 15.5 Å². The van der Waals surface area contributed by atoms with E-state index in [4.69, 9.17) is 4.74 Å². The zero-order valence-electron chi connectivity index (χ0n) is 17.1. The SMILES string of the molecule is CN=C(NCCN(C)C1CCCC1)NC1CCN(c2ccccc2OC)C1. The van der Waals surface area contributed by atoms with Gasteiger partial charge in [-0.15, -0.1) is 0 Å². The fourth-order valence-corrected chi connectivity index (χ4v) is 4.25. The van der Waals surface area contributed by atoms with Crippen molar-refractivity contribution in [3.05, 3.63) is 24.3 Å². The van der Waals surface area contributed by atoms with Crippen molar-refractivity contribution < 1.29 is 4.74 Å². The second-order valence-electron chi connectivity index (χ2n) is 7.67. The van der Waals surface area contributed by atoms with Gasteiger partial charge in [0.1, 0.15) is 5.75 Å². The number of aliphatic imine (C=N–C) groups is 1. The van der Waals surface area contributed by atoms with Gasteiger partial charge in [0, 0.05) is 45.3 Å². The first-order valence-electron chi connectivity index (χ1n) is 10.3. The summed E-state index contributed by atoms with van der Waals surface area (Å²) in [6.07, 6.45) is 6.57. The second-order valence-corrected chi connectivity index (χ2v) is 7.67. The lowest BCUT2D eigenvalue weighted by Gasteiger charge is -2.25. The number of hydrogen-bond acceptors (Lipinski definition) is 4. The van der Waals surface area contributed by atoms with Gasteiger partial charge in [-0.3, -0.25) is 4.99 Å². The van der Waals surface area contributed by atoms with Gasteiger partial charge in [0.2, 0.25) is 0 Å². The molecule has 150 valence electrons. The van der Waals surface area contributed by atoms with E-state index in [-0.39, 0.29) is 0 Å². The number of nitrogens with one attached hydrogen (secondary N) is 2. The van der Waals surface area contributed by atoms with E-state index >= 15 is 0 Å². The van der Waals surface area contributed by atoms with Gasteiger partial charge in [-0.2, -0.15) is 0 Å². The number of para-hydroxylation sites is 2. The van der Waals surface area contributed by atoms with Gasteiger partial charge < -0.3 is 25.2 Å². The Labute approximate surface area is 164 Å². The standard InChI is InChI=1S/C21H35N5O/c1-22-21(23-13-15-25(2)18-8-4-5-9-18)24-17-12-14-26(16-17)19-10-6-7-11-20(19)27-3/h6-7,10-11,17-18H,4-5,8-9,12-16H2,1-3H3,(H2,22,23,24). The highest BCUT2D eigenvalue weighted by atomic mass is 16.5. The molecule has 1 aromatic carbocycles. The van der Waals surface area contributed by atoms with Gasteiger partial charge in [0.25, 0.3) is 0 Å². The average molecular weight is 374 g/mol. The summed E-state index contributed by atoms with van der Waals surface area (Å²) in [5.41, 5.74) is 1.17. The van der Waals surface area contributed by atoms with E-state index < -0.39 is 0 Å². The van der Waals surface area contributed by atoms with Crippen LogP contribution in [0.2, 0.25) is 0 Å². The summed E-state index contributed by atoms with van der Waals surface area (Å²) in [5.74, 6) is 1.84. The monoisotopic (exact) mass is 373 g/mol. The minimum atomic E-state index is 0.397. The van der Waals surface area contributed by atoms with Crippen molar-refractivity contribution in [1.29, 1.82) is 0 Å². The predicted octanol–water partition coefficient (Wildman–Crippen LogP) is 2.31. The number of methoxy groups -OCH3 is 1. The van der Waals surface area contributed by atoms with E-state index in [1.54, 1.807) is 7.11 Å². The Hall–Kier alpha value is -1.95. The minimum Gasteiger partial charge on any atom is -0.495 e. The smallest absolute Gasteiger partial charge is 0.191 e. The molecule has 1 unspecified atom stereocenters. The van der Waals surface area contributed by atoms with Crippen molar-refractivity contribution >= 4 is 11.6 Å². The van der Waals surface area contributed by atoms with Gasteiger partial charge in [0.05, 0.1) is 12.8 Å². The lowest BCUT2D eigenvalue weighted by molar-refractivity contribution is 0.249. The maximum absolute atomic E-state index is 5.51. The van der Waals surface area contributed by atoms with Crippen LogP contribution >= 0.6 is 0 Å². The number of nitrogens with zero attached hydrogens (tertiary/aromatic N) is 3. The minimum absolute atomic E-state index is 0.397. The molecule has 1 heterocycles. The Balaban J connectivity index is 1.43. The third-order valence-electron chi connectivity index (χ3n) is 5.88. The quantitative estimate of drug-likeness (QED) is 0.567. The van der Waals surface area contributed by atoms with Crippen LogP contribution in [0.15, 0.2) is 29.3 Å². The molecule has 27 heavy (non-hydrogen) atoms. The fraction of sp³-hybridized carbons (Fsp3) is 0.667. The lowest BCUT2D eigenvalue weighted by Crippen LogP contribution is -2.47. The van der Waals surface area contributed by atoms with Gasteiger partial charge in [-0.1, -0.05) is 25.0 Å². The van der Waals surface area contributed by atoms with E-state index in [0.29, 0.717) is 6.04 Å². The molecule has 0 spiro atoms. The van der Waals surface area contributed by atoms with Crippen LogP contribution in [0, 0.1) is 0 Å². The molecule has 3 rings (SSSR count). The first-order chi connectivity index (χ1) is 13.2. The maximum Gasteiger partial charge on any atom is 0.191 e. The highest BCUT2D eigenvalue weighted by molar-refractivity contribution is 5.80. The molecule has 1 aromatic rings. The van der Waals surface area contributed by atoms with E-state index in [2.05, 4.69) is 44.6 Å². The first-order valence-corrected chi connectivity index (χ1v) is 10.3. The molecule has 1 aliphatic carbocycles. The van der Waals surface area contributed by atoms with Gasteiger partial charge >= 0.3 is 0 Å². The predicted molar refractivity (Wildman–Crippen MR) is 113 cm³/mol. The second kappa shape index (κ2) is 9.83. The summed E-state index contributed by atoms with van der Waals surface area (Å²) in [4.78, 5) is 9.29. The van der Waals surface area contributed by atoms with Crippen molar-refractivity contribution in [2.75, 3.05) is 52.3 Å². The van der Waals surface area contributed by atoms with Crippen molar-refractivity contribution in [3.63, 3.8) is 0 Å². The van der Waals surface area contributed by atoms with Crippen molar-refractivity contribution in [2.45, 2.75) is 44.2 Å². The van der Waals surface area contributed by atoms with Crippen molar-refractivity contribution in [3.8, 4) is 5.75 Å². The van der Waals surface area contributed by atoms with Crippen LogP contribution in [0.5, 0.6) is 5.75 Å². The fourth-order valence-electron chi connectivity index (χ4n) is 4.25. The summed E-state index contributed by atoms with van der Waals surface area (Å²) in [6, 6.07) is 9.41. The maximum atomic E-state index is 5.51. The van der Waals surface area contributed by atoms with Crippen molar-refractivity contribution in [2.24, 2.45) is 4.99 Å². The molecule has 1 atom stereocenters. The number of guanidine groups is 1. The number of likely N-dealkylation sites (N-methyl/N-ethyl adjacent to an activating group) is 1. The molecular weight excluding hydrogens is 338 g/mol. The topological polar surface area (TPSA) is 52.1 Å². The largest absolute Gasteiger partial charge is 0.495 e. The number of hydrogen-bond donors (Lipinski definition) is 2. The summed E-state index contributed by atoms with van der Waals surface area (Å²) in [6.45, 7) is 3.97. The van der Waals surface area contributed by atoms with E-state index in [0.717, 1.165) is 50.4 Å². The molecule has 6 heteroatoms. The number of anilines is 1. The molecule has 0 radical (unpaired) electrons. The summed E-state index contributed by atoms with van der Waals surface area (Å²) in [5, 5.41) is 7.07. The molecule has 0 amide bonds. The summed E-state index contributed by atoms with van der Waals surface area (Å²) >= 11 is 0. The first kappa shape index (κ1) is 19.8. The molecule has 0 bridgehead atoms. The number of benzene rings is 1. The Bertz CT molecular complexity index is 614. The van der Waals surface area contributed by atoms with E-state index in [1.165, 1.54) is 31.4 Å². The Morgan fingerprint density at radius 1 is 1.26 bits per heavy atom. The highest BCUT2D eigenvalue weighted by Crippen LogP contribution is 2.30. The lowest BCUT2D eigenvalue weighted by atomic mass is 10.2. The Kier molecular flexibility index (Phi) is 7.21. The van der Waals surface area contributed by atoms with Gasteiger partial charge in [-0.25, -0.2) is 0 Å². The third kappa shape index (κ3) is 5.28. The van der Waals surface area contributed by atoms with Crippen LogP contribution in [0.25, 0.3) is 0 Å². The molecule has 6 nitrogen and oxygen atoms in total. The zero-order valence-corrected chi connectivity index (χ0v) is 17.1. The van der Waals surface area contributed by atoms with Crippen LogP contribution in [0.1, 0.15) is 32.1 Å². The third-order valence-corrected chi connectivity index (χ3v) is 5.88.